The highest BCUT2D eigenvalue weighted by Crippen LogP contribution is 1.98. The minimum absolute atomic E-state index is 0. The van der Waals surface area contributed by atoms with Crippen molar-refractivity contribution in [3.63, 3.8) is 0 Å². The van der Waals surface area contributed by atoms with Crippen LogP contribution in [0.1, 0.15) is 34.1 Å². The second kappa shape index (κ2) is 12.4. The molecule has 0 unspecified atom stereocenters. The molecule has 0 aliphatic carbocycles. The minimum Gasteiger partial charge on any atom is -0.380 e. The van der Waals surface area contributed by atoms with E-state index in [0.717, 1.165) is 32.1 Å². The van der Waals surface area contributed by atoms with Crippen LogP contribution in [0, 0.1) is 5.92 Å². The van der Waals surface area contributed by atoms with Crippen molar-refractivity contribution in [2.45, 2.75) is 40.2 Å². The summed E-state index contributed by atoms with van der Waals surface area (Å²) < 4.78 is 5.50. The molecule has 0 aromatic heterocycles. The quantitative estimate of drug-likeness (QED) is 0.318. The maximum atomic E-state index is 5.50. The normalized spacial score (nSPS) is 11.6. The van der Waals surface area contributed by atoms with Gasteiger partial charge in [-0.25, -0.2) is 0 Å². The molecule has 0 bridgehead atoms. The van der Waals surface area contributed by atoms with Crippen molar-refractivity contribution in [3.8, 4) is 0 Å². The third-order valence-corrected chi connectivity index (χ3v) is 2.03. The minimum atomic E-state index is 0. The molecule has 4 nitrogen and oxygen atoms in total. The molecule has 2 N–H and O–H groups in total. The van der Waals surface area contributed by atoms with Gasteiger partial charge < -0.3 is 15.4 Å². The van der Waals surface area contributed by atoms with Gasteiger partial charge in [-0.2, -0.15) is 0 Å². The molecule has 0 aliphatic rings. The average molecular weight is 357 g/mol. The van der Waals surface area contributed by atoms with Gasteiger partial charge in [-0.3, -0.25) is 4.99 Å². The van der Waals surface area contributed by atoms with Crippen molar-refractivity contribution in [2.24, 2.45) is 10.9 Å². The van der Waals surface area contributed by atoms with Crippen LogP contribution in [0.15, 0.2) is 4.99 Å². The van der Waals surface area contributed by atoms with Crippen molar-refractivity contribution in [1.82, 2.24) is 10.6 Å². The SMILES string of the molecule is CN=C(NCCOCCC(C)C)NC(C)C.I. The van der Waals surface area contributed by atoms with Crippen LogP contribution >= 0.6 is 24.0 Å². The van der Waals surface area contributed by atoms with Gasteiger partial charge in [-0.05, 0) is 26.2 Å². The zero-order valence-electron chi connectivity index (χ0n) is 11.7. The number of nitrogens with zero attached hydrogens (tertiary/aromatic N) is 1. The van der Waals surface area contributed by atoms with Crippen LogP contribution in [0.2, 0.25) is 0 Å². The molecule has 0 spiro atoms. The van der Waals surface area contributed by atoms with E-state index in [1.807, 2.05) is 0 Å². The van der Waals surface area contributed by atoms with Crippen LogP contribution in [0.25, 0.3) is 0 Å². The molecule has 0 saturated carbocycles. The first-order valence-corrected chi connectivity index (χ1v) is 6.11. The van der Waals surface area contributed by atoms with Gasteiger partial charge in [0, 0.05) is 26.2 Å². The number of ether oxygens (including phenoxy) is 1. The Morgan fingerprint density at radius 3 is 2.29 bits per heavy atom. The number of halogens is 1. The number of guanidine groups is 1. The molecule has 104 valence electrons. The molecule has 5 heteroatoms. The Kier molecular flexibility index (Phi) is 14.1. The Morgan fingerprint density at radius 1 is 1.18 bits per heavy atom. The lowest BCUT2D eigenvalue weighted by Crippen LogP contribution is -2.42. The predicted octanol–water partition coefficient (Wildman–Crippen LogP) is 2.24. The van der Waals surface area contributed by atoms with Crippen LogP contribution in [0.3, 0.4) is 0 Å². The third kappa shape index (κ3) is 13.9. The molecule has 0 aliphatic heterocycles. The summed E-state index contributed by atoms with van der Waals surface area (Å²) >= 11 is 0. The van der Waals surface area contributed by atoms with Crippen LogP contribution in [-0.4, -0.2) is 38.8 Å². The second-order valence-electron chi connectivity index (χ2n) is 4.59. The van der Waals surface area contributed by atoms with Gasteiger partial charge in [-0.1, -0.05) is 13.8 Å². The van der Waals surface area contributed by atoms with Gasteiger partial charge in [-0.15, -0.1) is 24.0 Å². The number of hydrogen-bond donors (Lipinski definition) is 2. The first kappa shape index (κ1) is 19.3. The average Bonchev–Trinajstić information content (AvgIpc) is 2.20. The third-order valence-electron chi connectivity index (χ3n) is 2.03. The number of nitrogens with one attached hydrogen (secondary N) is 2. The monoisotopic (exact) mass is 357 g/mol. The topological polar surface area (TPSA) is 45.7 Å². The molecule has 0 aromatic carbocycles. The number of hydrogen-bond acceptors (Lipinski definition) is 2. The highest BCUT2D eigenvalue weighted by molar-refractivity contribution is 14.0. The molecule has 0 heterocycles. The first-order chi connectivity index (χ1) is 7.56. The van der Waals surface area contributed by atoms with Gasteiger partial charge in [0.1, 0.15) is 0 Å². The standard InChI is InChI=1S/C12H27N3O.HI/c1-10(2)6-8-16-9-7-14-12(13-5)15-11(3)4;/h10-11H,6-9H2,1-5H3,(H2,13,14,15);1H. The van der Waals surface area contributed by atoms with E-state index in [2.05, 4.69) is 43.3 Å². The van der Waals surface area contributed by atoms with E-state index in [1.54, 1.807) is 7.05 Å². The van der Waals surface area contributed by atoms with Gasteiger partial charge in [0.25, 0.3) is 0 Å². The summed E-state index contributed by atoms with van der Waals surface area (Å²) in [6, 6.07) is 0.396. The summed E-state index contributed by atoms with van der Waals surface area (Å²) in [4.78, 5) is 4.11. The van der Waals surface area contributed by atoms with Crippen LogP contribution in [0.5, 0.6) is 0 Å². The van der Waals surface area contributed by atoms with Crippen LogP contribution in [0.4, 0.5) is 0 Å². The van der Waals surface area contributed by atoms with Gasteiger partial charge in [0.05, 0.1) is 6.61 Å². The molecule has 17 heavy (non-hydrogen) atoms. The molecule has 0 radical (unpaired) electrons. The molecule has 0 fully saturated rings. The lowest BCUT2D eigenvalue weighted by atomic mass is 10.1. The number of aliphatic imine (C=N–C) groups is 1. The highest BCUT2D eigenvalue weighted by Gasteiger charge is 1.99. The lowest BCUT2D eigenvalue weighted by Gasteiger charge is -2.14. The fraction of sp³-hybridized carbons (Fsp3) is 0.917. The van der Waals surface area contributed by atoms with Crippen molar-refractivity contribution in [1.29, 1.82) is 0 Å². The second-order valence-corrected chi connectivity index (χ2v) is 4.59. The molecule has 0 rings (SSSR count). The Balaban J connectivity index is 0. The van der Waals surface area contributed by atoms with E-state index in [1.165, 1.54) is 0 Å². The summed E-state index contributed by atoms with van der Waals surface area (Å²) in [5.41, 5.74) is 0. The van der Waals surface area contributed by atoms with Gasteiger partial charge >= 0.3 is 0 Å². The van der Waals surface area contributed by atoms with E-state index in [-0.39, 0.29) is 24.0 Å². The Labute approximate surface area is 123 Å². The molecule has 0 saturated heterocycles. The highest BCUT2D eigenvalue weighted by atomic mass is 127. The summed E-state index contributed by atoms with van der Waals surface area (Å²) in [6.07, 6.45) is 1.12. The van der Waals surface area contributed by atoms with E-state index in [0.29, 0.717) is 12.0 Å². The number of rotatable bonds is 7. The molecule has 0 atom stereocenters. The fourth-order valence-corrected chi connectivity index (χ4v) is 1.13. The van der Waals surface area contributed by atoms with E-state index < -0.39 is 0 Å². The van der Waals surface area contributed by atoms with Crippen molar-refractivity contribution >= 4 is 29.9 Å². The zero-order chi connectivity index (χ0) is 12.4. The molecular formula is C12H28IN3O. The first-order valence-electron chi connectivity index (χ1n) is 6.11. The molecule has 0 aromatic rings. The smallest absolute Gasteiger partial charge is 0.191 e. The van der Waals surface area contributed by atoms with Crippen molar-refractivity contribution in [3.05, 3.63) is 0 Å². The Morgan fingerprint density at radius 2 is 1.82 bits per heavy atom. The van der Waals surface area contributed by atoms with Crippen molar-refractivity contribution < 1.29 is 4.74 Å². The largest absolute Gasteiger partial charge is 0.380 e. The predicted molar refractivity (Wildman–Crippen MR) is 85.3 cm³/mol. The van der Waals surface area contributed by atoms with Crippen molar-refractivity contribution in [2.75, 3.05) is 26.8 Å². The molecular weight excluding hydrogens is 329 g/mol. The van der Waals surface area contributed by atoms with Gasteiger partial charge in [0.15, 0.2) is 5.96 Å². The van der Waals surface area contributed by atoms with E-state index in [4.69, 9.17) is 4.74 Å². The summed E-state index contributed by atoms with van der Waals surface area (Å²) in [7, 11) is 1.78. The van der Waals surface area contributed by atoms with Gasteiger partial charge in [0.2, 0.25) is 0 Å². The summed E-state index contributed by atoms with van der Waals surface area (Å²) in [5, 5.41) is 6.42. The summed E-state index contributed by atoms with van der Waals surface area (Å²) in [5.74, 6) is 1.55. The van der Waals surface area contributed by atoms with Crippen LogP contribution < -0.4 is 10.6 Å². The van der Waals surface area contributed by atoms with E-state index >= 15 is 0 Å². The maximum absolute atomic E-state index is 5.50. The summed E-state index contributed by atoms with van der Waals surface area (Å²) in [6.45, 7) is 11.0. The Bertz CT molecular complexity index is 196. The Hall–Kier alpha value is -0.0400. The fourth-order valence-electron chi connectivity index (χ4n) is 1.13. The van der Waals surface area contributed by atoms with E-state index in [9.17, 15) is 0 Å². The zero-order valence-corrected chi connectivity index (χ0v) is 14.1. The lowest BCUT2D eigenvalue weighted by molar-refractivity contribution is 0.128. The van der Waals surface area contributed by atoms with Crippen LogP contribution in [-0.2, 0) is 4.74 Å². The maximum Gasteiger partial charge on any atom is 0.191 e. The molecule has 0 amide bonds.